The van der Waals surface area contributed by atoms with Crippen LogP contribution in [0.3, 0.4) is 0 Å². The first-order valence-corrected chi connectivity index (χ1v) is 4.17. The minimum atomic E-state index is 0.630. The molecule has 13 heavy (non-hydrogen) atoms. The minimum Gasteiger partial charge on any atom is -0.411 e. The average Bonchev–Trinajstić information content (AvgIpc) is 2.18. The molecule has 0 unspecified atom stereocenters. The zero-order chi connectivity index (χ0) is 9.68. The summed E-state index contributed by atoms with van der Waals surface area (Å²) in [5.74, 6) is 0. The van der Waals surface area contributed by atoms with Crippen molar-refractivity contribution in [3.8, 4) is 0 Å². The molecule has 0 atom stereocenters. The third kappa shape index (κ3) is 2.44. The fraction of sp³-hybridized carbons (Fsp3) is 0.182. The van der Waals surface area contributed by atoms with Gasteiger partial charge in [-0.15, -0.1) is 6.58 Å². The third-order valence-corrected chi connectivity index (χ3v) is 1.90. The smallest absolute Gasteiger partial charge is 0.0836 e. The van der Waals surface area contributed by atoms with E-state index in [0.717, 1.165) is 12.0 Å². The Hall–Kier alpha value is -1.57. The first kappa shape index (κ1) is 9.52. The summed E-state index contributed by atoms with van der Waals surface area (Å²) < 4.78 is 0. The van der Waals surface area contributed by atoms with Crippen molar-refractivity contribution in [3.63, 3.8) is 0 Å². The summed E-state index contributed by atoms with van der Waals surface area (Å²) >= 11 is 0. The lowest BCUT2D eigenvalue weighted by atomic mass is 10.1. The van der Waals surface area contributed by atoms with Gasteiger partial charge in [-0.05, 0) is 24.5 Å². The standard InChI is InChI=1S/C11H13NO/c1-3-4-10-5-7-11(8-6-10)9(2)12-13/h3,5-8,13H,1,4H2,2H3. The number of rotatable bonds is 3. The Balaban J connectivity index is 2.87. The number of benzene rings is 1. The van der Waals surface area contributed by atoms with Crippen molar-refractivity contribution in [2.75, 3.05) is 0 Å². The van der Waals surface area contributed by atoms with E-state index in [-0.39, 0.29) is 0 Å². The molecule has 0 aromatic heterocycles. The maximum absolute atomic E-state index is 8.53. The SMILES string of the molecule is C=CCc1ccc(C(C)=NO)cc1. The van der Waals surface area contributed by atoms with Gasteiger partial charge in [-0.25, -0.2) is 0 Å². The second-order valence-corrected chi connectivity index (χ2v) is 2.88. The van der Waals surface area contributed by atoms with Gasteiger partial charge >= 0.3 is 0 Å². The number of nitrogens with zero attached hydrogens (tertiary/aromatic N) is 1. The third-order valence-electron chi connectivity index (χ3n) is 1.90. The van der Waals surface area contributed by atoms with Crippen LogP contribution in [0, 0.1) is 0 Å². The molecule has 2 nitrogen and oxygen atoms in total. The van der Waals surface area contributed by atoms with Crippen LogP contribution in [0.1, 0.15) is 18.1 Å². The minimum absolute atomic E-state index is 0.630. The quantitative estimate of drug-likeness (QED) is 0.325. The van der Waals surface area contributed by atoms with Crippen LogP contribution >= 0.6 is 0 Å². The summed E-state index contributed by atoms with van der Waals surface area (Å²) in [6.07, 6.45) is 2.73. The highest BCUT2D eigenvalue weighted by Crippen LogP contribution is 2.06. The molecule has 2 heteroatoms. The highest BCUT2D eigenvalue weighted by atomic mass is 16.4. The van der Waals surface area contributed by atoms with Gasteiger partial charge in [-0.1, -0.05) is 35.5 Å². The molecule has 1 rings (SSSR count). The molecule has 0 aliphatic rings. The van der Waals surface area contributed by atoms with Crippen LogP contribution in [-0.4, -0.2) is 10.9 Å². The van der Waals surface area contributed by atoms with Crippen molar-refractivity contribution in [2.45, 2.75) is 13.3 Å². The molecule has 0 radical (unpaired) electrons. The molecule has 1 aromatic carbocycles. The van der Waals surface area contributed by atoms with Crippen LogP contribution in [0.15, 0.2) is 42.1 Å². The predicted molar refractivity (Wildman–Crippen MR) is 54.3 cm³/mol. The zero-order valence-electron chi connectivity index (χ0n) is 7.70. The summed E-state index contributed by atoms with van der Waals surface area (Å²) in [5, 5.41) is 11.7. The van der Waals surface area contributed by atoms with Crippen molar-refractivity contribution in [2.24, 2.45) is 5.16 Å². The summed E-state index contributed by atoms with van der Waals surface area (Å²) in [5.41, 5.74) is 2.78. The molecule has 0 aliphatic heterocycles. The largest absolute Gasteiger partial charge is 0.411 e. The van der Waals surface area contributed by atoms with Crippen LogP contribution in [-0.2, 0) is 6.42 Å². The van der Waals surface area contributed by atoms with E-state index in [4.69, 9.17) is 5.21 Å². The number of allylic oxidation sites excluding steroid dienone is 1. The fourth-order valence-electron chi connectivity index (χ4n) is 1.11. The maximum Gasteiger partial charge on any atom is 0.0836 e. The van der Waals surface area contributed by atoms with E-state index < -0.39 is 0 Å². The molecule has 0 aliphatic carbocycles. The molecule has 0 saturated heterocycles. The highest BCUT2D eigenvalue weighted by Gasteiger charge is 1.96. The molecule has 68 valence electrons. The van der Waals surface area contributed by atoms with E-state index in [0.29, 0.717) is 5.71 Å². The van der Waals surface area contributed by atoms with Crippen molar-refractivity contribution in [1.29, 1.82) is 0 Å². The van der Waals surface area contributed by atoms with Gasteiger partial charge in [0.05, 0.1) is 5.71 Å². The lowest BCUT2D eigenvalue weighted by molar-refractivity contribution is 0.319. The lowest BCUT2D eigenvalue weighted by Gasteiger charge is -2.00. The van der Waals surface area contributed by atoms with E-state index in [1.807, 2.05) is 30.3 Å². The van der Waals surface area contributed by atoms with Gasteiger partial charge in [0.1, 0.15) is 0 Å². The topological polar surface area (TPSA) is 32.6 Å². The lowest BCUT2D eigenvalue weighted by Crippen LogP contribution is -1.94. The molecule has 0 saturated carbocycles. The number of hydrogen-bond acceptors (Lipinski definition) is 2. The van der Waals surface area contributed by atoms with Crippen LogP contribution in [0.4, 0.5) is 0 Å². The van der Waals surface area contributed by atoms with Crippen LogP contribution in [0.25, 0.3) is 0 Å². The molecule has 0 amide bonds. The molecule has 1 N–H and O–H groups in total. The Morgan fingerprint density at radius 2 is 2.08 bits per heavy atom. The fourth-order valence-corrected chi connectivity index (χ4v) is 1.11. The zero-order valence-corrected chi connectivity index (χ0v) is 7.70. The predicted octanol–water partition coefficient (Wildman–Crippen LogP) is 2.61. The Morgan fingerprint density at radius 3 is 2.54 bits per heavy atom. The Kier molecular flexibility index (Phi) is 3.26. The first-order chi connectivity index (χ1) is 6.27. The van der Waals surface area contributed by atoms with Gasteiger partial charge in [0.15, 0.2) is 0 Å². The molecular weight excluding hydrogens is 162 g/mol. The summed E-state index contributed by atoms with van der Waals surface area (Å²) in [7, 11) is 0. The average molecular weight is 175 g/mol. The van der Waals surface area contributed by atoms with Gasteiger partial charge in [-0.3, -0.25) is 0 Å². The van der Waals surface area contributed by atoms with Crippen molar-refractivity contribution in [3.05, 3.63) is 48.0 Å². The monoisotopic (exact) mass is 175 g/mol. The molecule has 0 fully saturated rings. The van der Waals surface area contributed by atoms with Crippen molar-refractivity contribution < 1.29 is 5.21 Å². The summed E-state index contributed by atoms with van der Waals surface area (Å²) in [6, 6.07) is 7.89. The molecule has 0 spiro atoms. The van der Waals surface area contributed by atoms with E-state index in [9.17, 15) is 0 Å². The Morgan fingerprint density at radius 1 is 1.46 bits per heavy atom. The number of oxime groups is 1. The van der Waals surface area contributed by atoms with Crippen LogP contribution < -0.4 is 0 Å². The highest BCUT2D eigenvalue weighted by molar-refractivity contribution is 5.98. The molecule has 0 bridgehead atoms. The van der Waals surface area contributed by atoms with Crippen LogP contribution in [0.2, 0.25) is 0 Å². The second kappa shape index (κ2) is 4.45. The summed E-state index contributed by atoms with van der Waals surface area (Å²) in [4.78, 5) is 0. The van der Waals surface area contributed by atoms with E-state index >= 15 is 0 Å². The Bertz CT molecular complexity index is 311. The van der Waals surface area contributed by atoms with Crippen molar-refractivity contribution >= 4 is 5.71 Å². The van der Waals surface area contributed by atoms with Gasteiger partial charge in [0.25, 0.3) is 0 Å². The normalized spacial score (nSPS) is 11.3. The molecule has 0 heterocycles. The first-order valence-electron chi connectivity index (χ1n) is 4.17. The van der Waals surface area contributed by atoms with Gasteiger partial charge in [0, 0.05) is 0 Å². The number of hydrogen-bond donors (Lipinski definition) is 1. The molecule has 1 aromatic rings. The van der Waals surface area contributed by atoms with Crippen LogP contribution in [0.5, 0.6) is 0 Å². The second-order valence-electron chi connectivity index (χ2n) is 2.88. The van der Waals surface area contributed by atoms with E-state index in [2.05, 4.69) is 11.7 Å². The van der Waals surface area contributed by atoms with Gasteiger partial charge < -0.3 is 5.21 Å². The van der Waals surface area contributed by atoms with Crippen molar-refractivity contribution in [1.82, 2.24) is 0 Å². The Labute approximate surface area is 78.2 Å². The van der Waals surface area contributed by atoms with Gasteiger partial charge in [0.2, 0.25) is 0 Å². The van der Waals surface area contributed by atoms with Gasteiger partial charge in [-0.2, -0.15) is 0 Å². The maximum atomic E-state index is 8.53. The summed E-state index contributed by atoms with van der Waals surface area (Å²) in [6.45, 7) is 5.43. The van der Waals surface area contributed by atoms with E-state index in [1.165, 1.54) is 5.56 Å². The molecular formula is C11H13NO. The van der Waals surface area contributed by atoms with E-state index in [1.54, 1.807) is 6.92 Å².